The van der Waals surface area contributed by atoms with E-state index in [0.29, 0.717) is 23.1 Å². The molecule has 1 unspecified atom stereocenters. The highest BCUT2D eigenvalue weighted by molar-refractivity contribution is 6.06. The minimum atomic E-state index is -0.953. The summed E-state index contributed by atoms with van der Waals surface area (Å²) in [5, 5.41) is 2.46. The number of amides is 2. The van der Waals surface area contributed by atoms with Crippen LogP contribution in [0.3, 0.4) is 0 Å². The molecule has 2 aromatic rings. The van der Waals surface area contributed by atoms with Gasteiger partial charge in [-0.25, -0.2) is 14.3 Å². The van der Waals surface area contributed by atoms with E-state index in [4.69, 9.17) is 4.74 Å². The lowest BCUT2D eigenvalue weighted by atomic mass is 10.0. The van der Waals surface area contributed by atoms with Crippen LogP contribution < -0.4 is 0 Å². The molecule has 1 fully saturated rings. The first kappa shape index (κ1) is 23.0. The Balaban J connectivity index is 1.85. The van der Waals surface area contributed by atoms with Gasteiger partial charge in [0.1, 0.15) is 18.1 Å². The van der Waals surface area contributed by atoms with Gasteiger partial charge in [0.15, 0.2) is 0 Å². The summed E-state index contributed by atoms with van der Waals surface area (Å²) >= 11 is 0. The highest BCUT2D eigenvalue weighted by Crippen LogP contribution is 2.25. The van der Waals surface area contributed by atoms with Crippen LogP contribution in [0, 0.1) is 4.91 Å². The third kappa shape index (κ3) is 4.83. The van der Waals surface area contributed by atoms with Crippen LogP contribution in [0.1, 0.15) is 56.3 Å². The van der Waals surface area contributed by atoms with E-state index in [-0.39, 0.29) is 18.2 Å². The number of fused-ring (bicyclic) bond motifs is 1. The molecule has 0 spiro atoms. The first-order valence-corrected chi connectivity index (χ1v) is 11.0. The highest BCUT2D eigenvalue weighted by Gasteiger charge is 2.31. The second-order valence-corrected chi connectivity index (χ2v) is 7.88. The van der Waals surface area contributed by atoms with Crippen LogP contribution in [0.15, 0.2) is 29.7 Å². The zero-order valence-electron chi connectivity index (χ0n) is 18.5. The summed E-state index contributed by atoms with van der Waals surface area (Å²) in [5.74, 6) is -0.0898. The van der Waals surface area contributed by atoms with Gasteiger partial charge in [0, 0.05) is 38.0 Å². The minimum absolute atomic E-state index is 0.0898. The standard InChI is InChI=1S/C22H31N5O4/c1-4-6-12-26(16-10-13-25(14-11-16)19(5-2)31-3)21(28)17-8-7-9-18-20(17)23-15-27(18)22(29)24-30/h7-9,15-16,19H,4-6,10-14H2,1-3H3. The van der Waals surface area contributed by atoms with E-state index in [0.717, 1.165) is 49.8 Å². The molecule has 0 radical (unpaired) electrons. The summed E-state index contributed by atoms with van der Waals surface area (Å²) in [7, 11) is 1.74. The number of nitroso groups, excluding NO2 is 1. The molecule has 0 N–H and O–H groups in total. The largest absolute Gasteiger partial charge is 0.391 e. The number of rotatable bonds is 8. The fraction of sp³-hybridized carbons (Fsp3) is 0.591. The van der Waals surface area contributed by atoms with Crippen LogP contribution in [0.2, 0.25) is 0 Å². The Kier molecular flexibility index (Phi) is 7.86. The van der Waals surface area contributed by atoms with Crippen molar-refractivity contribution in [3.8, 4) is 0 Å². The smallest absolute Gasteiger partial charge is 0.366 e. The SMILES string of the molecule is CCCCN(C(=O)c1cccc2c1ncn2C(=O)N=O)C1CCN(C(CC)OC)CC1. The van der Waals surface area contributed by atoms with E-state index in [2.05, 4.69) is 28.9 Å². The Labute approximate surface area is 182 Å². The van der Waals surface area contributed by atoms with Gasteiger partial charge < -0.3 is 9.64 Å². The predicted molar refractivity (Wildman–Crippen MR) is 118 cm³/mol. The molecule has 9 nitrogen and oxygen atoms in total. The van der Waals surface area contributed by atoms with Gasteiger partial charge in [0.2, 0.25) is 0 Å². The lowest BCUT2D eigenvalue weighted by Gasteiger charge is -2.41. The minimum Gasteiger partial charge on any atom is -0.366 e. The van der Waals surface area contributed by atoms with Crippen molar-refractivity contribution in [3.63, 3.8) is 0 Å². The zero-order chi connectivity index (χ0) is 22.4. The number of benzene rings is 1. The number of hydrogen-bond donors (Lipinski definition) is 0. The van der Waals surface area contributed by atoms with Gasteiger partial charge in [-0.05, 0) is 37.8 Å². The number of unbranched alkanes of at least 4 members (excludes halogenated alkanes) is 1. The number of ether oxygens (including phenoxy) is 1. The Hall–Kier alpha value is -2.65. The van der Waals surface area contributed by atoms with Crippen molar-refractivity contribution >= 4 is 23.0 Å². The normalized spacial score (nSPS) is 16.4. The molecule has 0 saturated carbocycles. The molecule has 0 bridgehead atoms. The maximum absolute atomic E-state index is 13.6. The molecule has 1 aliphatic heterocycles. The Morgan fingerprint density at radius 2 is 2.03 bits per heavy atom. The number of piperidine rings is 1. The number of imidazole rings is 1. The number of aromatic nitrogens is 2. The molecule has 31 heavy (non-hydrogen) atoms. The molecular formula is C22H31N5O4. The summed E-state index contributed by atoms with van der Waals surface area (Å²) in [4.78, 5) is 44.6. The molecule has 1 saturated heterocycles. The van der Waals surface area contributed by atoms with Gasteiger partial charge >= 0.3 is 6.03 Å². The Morgan fingerprint density at radius 3 is 2.65 bits per heavy atom. The fourth-order valence-electron chi connectivity index (χ4n) is 4.40. The average molecular weight is 430 g/mol. The number of methoxy groups -OCH3 is 1. The number of likely N-dealkylation sites (tertiary alicyclic amines) is 1. The van der Waals surface area contributed by atoms with Crippen LogP contribution in [0.25, 0.3) is 11.0 Å². The predicted octanol–water partition coefficient (Wildman–Crippen LogP) is 3.86. The topological polar surface area (TPSA) is 97.1 Å². The van der Waals surface area contributed by atoms with Crippen molar-refractivity contribution < 1.29 is 14.3 Å². The van der Waals surface area contributed by atoms with Gasteiger partial charge in [-0.15, -0.1) is 4.91 Å². The van der Waals surface area contributed by atoms with Gasteiger partial charge in [0.05, 0.1) is 11.1 Å². The quantitative estimate of drug-likeness (QED) is 0.591. The van der Waals surface area contributed by atoms with Crippen molar-refractivity contribution in [2.75, 3.05) is 26.7 Å². The highest BCUT2D eigenvalue weighted by atomic mass is 16.5. The second-order valence-electron chi connectivity index (χ2n) is 7.88. The first-order chi connectivity index (χ1) is 15.0. The fourth-order valence-corrected chi connectivity index (χ4v) is 4.40. The Bertz CT molecular complexity index is 916. The summed E-state index contributed by atoms with van der Waals surface area (Å²) in [5.41, 5.74) is 1.26. The van der Waals surface area contributed by atoms with Crippen molar-refractivity contribution in [2.45, 2.75) is 58.2 Å². The summed E-state index contributed by atoms with van der Waals surface area (Å²) in [6.07, 6.45) is 5.96. The first-order valence-electron chi connectivity index (χ1n) is 11.0. The van der Waals surface area contributed by atoms with Crippen molar-refractivity contribution in [1.82, 2.24) is 19.4 Å². The number of carbonyl (C=O) groups excluding carboxylic acids is 2. The molecule has 2 amide bonds. The number of hydrogen-bond acceptors (Lipinski definition) is 6. The second kappa shape index (κ2) is 10.6. The molecule has 1 aromatic heterocycles. The lowest BCUT2D eigenvalue weighted by molar-refractivity contribution is -0.0523. The third-order valence-electron chi connectivity index (χ3n) is 6.07. The van der Waals surface area contributed by atoms with Gasteiger partial charge in [-0.2, -0.15) is 0 Å². The van der Waals surface area contributed by atoms with E-state index in [9.17, 15) is 14.5 Å². The summed E-state index contributed by atoms with van der Waals surface area (Å²) in [6, 6.07) is 4.28. The van der Waals surface area contributed by atoms with Crippen LogP contribution in [0.5, 0.6) is 0 Å². The molecular weight excluding hydrogens is 398 g/mol. The number of carbonyl (C=O) groups is 2. The lowest BCUT2D eigenvalue weighted by Crippen LogP contribution is -2.50. The summed E-state index contributed by atoms with van der Waals surface area (Å²) < 4.78 is 6.65. The monoisotopic (exact) mass is 429 g/mol. The number of nitrogens with zero attached hydrogens (tertiary/aromatic N) is 5. The van der Waals surface area contributed by atoms with Crippen LogP contribution in [-0.4, -0.2) is 70.3 Å². The van der Waals surface area contributed by atoms with Crippen molar-refractivity contribution in [3.05, 3.63) is 35.0 Å². The molecule has 9 heteroatoms. The zero-order valence-corrected chi connectivity index (χ0v) is 18.5. The van der Waals surface area contributed by atoms with Crippen LogP contribution in [0.4, 0.5) is 4.79 Å². The van der Waals surface area contributed by atoms with E-state index in [1.807, 2.05) is 4.90 Å². The molecule has 1 aromatic carbocycles. The van der Waals surface area contributed by atoms with Crippen LogP contribution >= 0.6 is 0 Å². The molecule has 1 atom stereocenters. The maximum Gasteiger partial charge on any atom is 0.391 e. The van der Waals surface area contributed by atoms with E-state index < -0.39 is 6.03 Å². The number of para-hydroxylation sites is 1. The van der Waals surface area contributed by atoms with Crippen LogP contribution in [-0.2, 0) is 4.74 Å². The van der Waals surface area contributed by atoms with E-state index >= 15 is 0 Å². The van der Waals surface area contributed by atoms with Gasteiger partial charge in [-0.1, -0.05) is 26.3 Å². The van der Waals surface area contributed by atoms with Crippen molar-refractivity contribution in [1.29, 1.82) is 0 Å². The summed E-state index contributed by atoms with van der Waals surface area (Å²) in [6.45, 7) is 6.65. The van der Waals surface area contributed by atoms with Gasteiger partial charge in [-0.3, -0.25) is 9.69 Å². The molecule has 168 valence electrons. The molecule has 1 aliphatic rings. The molecule has 3 rings (SSSR count). The molecule has 2 heterocycles. The van der Waals surface area contributed by atoms with Gasteiger partial charge in [0.25, 0.3) is 5.91 Å². The maximum atomic E-state index is 13.6. The van der Waals surface area contributed by atoms with E-state index in [1.165, 1.54) is 6.33 Å². The molecule has 0 aliphatic carbocycles. The van der Waals surface area contributed by atoms with Crippen molar-refractivity contribution in [2.24, 2.45) is 5.18 Å². The third-order valence-corrected chi connectivity index (χ3v) is 6.07. The average Bonchev–Trinajstić information content (AvgIpc) is 3.24. The van der Waals surface area contributed by atoms with E-state index in [1.54, 1.807) is 25.3 Å². The Morgan fingerprint density at radius 1 is 1.29 bits per heavy atom.